The molecular formula is C17H18N2O2. The molecule has 0 radical (unpaired) electrons. The maximum atomic E-state index is 13.0. The molecule has 0 fully saturated rings. The summed E-state index contributed by atoms with van der Waals surface area (Å²) in [7, 11) is 0. The number of carbonyl (C=O) groups is 2. The first-order valence-electron chi connectivity index (χ1n) is 6.78. The summed E-state index contributed by atoms with van der Waals surface area (Å²) in [5.41, 5.74) is -0.442. The number of fused-ring (bicyclic) bond motifs is 1. The lowest BCUT2D eigenvalue weighted by molar-refractivity contribution is -0.130. The van der Waals surface area contributed by atoms with Gasteiger partial charge in [0.2, 0.25) is 11.8 Å². The smallest absolute Gasteiger partial charge is 0.246 e. The van der Waals surface area contributed by atoms with Gasteiger partial charge in [-0.3, -0.25) is 9.59 Å². The molecular weight excluding hydrogens is 264 g/mol. The van der Waals surface area contributed by atoms with Gasteiger partial charge in [-0.1, -0.05) is 38.1 Å². The maximum Gasteiger partial charge on any atom is 0.246 e. The van der Waals surface area contributed by atoms with Gasteiger partial charge in [0.25, 0.3) is 0 Å². The second kappa shape index (κ2) is 4.85. The fraction of sp³-hybridized carbons (Fsp3) is 0.353. The Hall–Kier alpha value is -2.41. The van der Waals surface area contributed by atoms with Crippen LogP contribution in [-0.4, -0.2) is 11.8 Å². The third-order valence-corrected chi connectivity index (χ3v) is 4.44. The van der Waals surface area contributed by atoms with E-state index in [-0.39, 0.29) is 18.2 Å². The number of nitriles is 1. The Bertz CT molecular complexity index is 670. The quantitative estimate of drug-likeness (QED) is 0.801. The number of hydrogen-bond acceptors (Lipinski definition) is 3. The molecule has 0 aliphatic carbocycles. The van der Waals surface area contributed by atoms with Crippen LogP contribution in [0.1, 0.15) is 32.8 Å². The van der Waals surface area contributed by atoms with Gasteiger partial charge in [-0.25, -0.2) is 4.90 Å². The maximum absolute atomic E-state index is 13.0. The molecule has 1 unspecified atom stereocenters. The predicted octanol–water partition coefficient (Wildman–Crippen LogP) is 2.94. The normalized spacial score (nSPS) is 20.9. The van der Waals surface area contributed by atoms with Crippen LogP contribution in [0.15, 0.2) is 36.9 Å². The molecule has 0 saturated heterocycles. The van der Waals surface area contributed by atoms with Gasteiger partial charge in [0.05, 0.1) is 23.6 Å². The molecule has 1 aliphatic rings. The zero-order valence-electron chi connectivity index (χ0n) is 12.5. The van der Waals surface area contributed by atoms with Crippen LogP contribution in [0.4, 0.5) is 5.69 Å². The number of imide groups is 1. The highest BCUT2D eigenvalue weighted by Crippen LogP contribution is 2.54. The fourth-order valence-electron chi connectivity index (χ4n) is 3.07. The van der Waals surface area contributed by atoms with Crippen molar-refractivity contribution in [1.29, 1.82) is 5.26 Å². The van der Waals surface area contributed by atoms with Gasteiger partial charge in [-0.15, -0.1) is 6.58 Å². The molecule has 1 aromatic rings. The average molecular weight is 282 g/mol. The van der Waals surface area contributed by atoms with Crippen LogP contribution in [0.3, 0.4) is 0 Å². The number of nitrogens with zero attached hydrogens (tertiary/aromatic N) is 2. The van der Waals surface area contributed by atoms with E-state index in [1.54, 1.807) is 18.2 Å². The minimum absolute atomic E-state index is 0.00560. The van der Waals surface area contributed by atoms with E-state index in [0.717, 1.165) is 5.56 Å². The van der Waals surface area contributed by atoms with Crippen LogP contribution in [0.5, 0.6) is 0 Å². The van der Waals surface area contributed by atoms with Crippen LogP contribution in [-0.2, 0) is 15.0 Å². The lowest BCUT2D eigenvalue weighted by Gasteiger charge is -2.39. The number of carbonyl (C=O) groups excluding carboxylic acids is 2. The molecule has 108 valence electrons. The zero-order chi connectivity index (χ0) is 15.8. The van der Waals surface area contributed by atoms with Crippen LogP contribution < -0.4 is 4.90 Å². The lowest BCUT2D eigenvalue weighted by atomic mass is 9.60. The number of amides is 2. The lowest BCUT2D eigenvalue weighted by Crippen LogP contribution is -2.50. The summed E-state index contributed by atoms with van der Waals surface area (Å²) in [6, 6.07) is 9.28. The van der Waals surface area contributed by atoms with Crippen molar-refractivity contribution in [3.05, 3.63) is 42.5 Å². The van der Waals surface area contributed by atoms with Gasteiger partial charge in [-0.05, 0) is 11.6 Å². The Labute approximate surface area is 124 Å². The molecule has 4 heteroatoms. The Morgan fingerprint density at radius 3 is 2.62 bits per heavy atom. The summed E-state index contributed by atoms with van der Waals surface area (Å²) in [6.45, 7) is 8.92. The van der Waals surface area contributed by atoms with Crippen LogP contribution in [0, 0.1) is 16.7 Å². The minimum Gasteiger partial charge on any atom is -0.274 e. The molecule has 0 N–H and O–H groups in total. The Morgan fingerprint density at radius 2 is 2.10 bits per heavy atom. The molecule has 2 amide bonds. The van der Waals surface area contributed by atoms with Crippen molar-refractivity contribution in [2.24, 2.45) is 5.41 Å². The van der Waals surface area contributed by atoms with Crippen molar-refractivity contribution >= 4 is 17.5 Å². The first kappa shape index (κ1) is 15.0. The van der Waals surface area contributed by atoms with E-state index in [0.29, 0.717) is 5.69 Å². The second-order valence-corrected chi connectivity index (χ2v) is 5.84. The molecule has 4 nitrogen and oxygen atoms in total. The van der Waals surface area contributed by atoms with E-state index in [2.05, 4.69) is 12.6 Å². The molecule has 1 aromatic carbocycles. The number of rotatable bonds is 3. The van der Waals surface area contributed by atoms with E-state index in [9.17, 15) is 14.9 Å². The number of para-hydroxylation sites is 1. The standard InChI is InChI=1S/C17H18N2O2/c1-5-16(3,4)17(10-11-18)13-8-6-7-9-14(13)19(12(2)20)15(17)21/h5-9H,1,10H2,2-4H3. The molecule has 0 aromatic heterocycles. The molecule has 21 heavy (non-hydrogen) atoms. The van der Waals surface area contributed by atoms with Gasteiger partial charge in [-0.2, -0.15) is 5.26 Å². The van der Waals surface area contributed by atoms with Gasteiger partial charge in [0, 0.05) is 12.3 Å². The van der Waals surface area contributed by atoms with Gasteiger partial charge >= 0.3 is 0 Å². The summed E-state index contributed by atoms with van der Waals surface area (Å²) in [5, 5.41) is 9.28. The van der Waals surface area contributed by atoms with E-state index >= 15 is 0 Å². The largest absolute Gasteiger partial charge is 0.274 e. The minimum atomic E-state index is -1.08. The number of benzene rings is 1. The average Bonchev–Trinajstić information content (AvgIpc) is 2.70. The van der Waals surface area contributed by atoms with Gasteiger partial charge in [0.15, 0.2) is 0 Å². The fourth-order valence-corrected chi connectivity index (χ4v) is 3.07. The van der Waals surface area contributed by atoms with Crippen molar-refractivity contribution in [3.63, 3.8) is 0 Å². The molecule has 0 bridgehead atoms. The molecule has 0 spiro atoms. The van der Waals surface area contributed by atoms with Crippen molar-refractivity contribution < 1.29 is 9.59 Å². The Kier molecular flexibility index (Phi) is 3.46. The van der Waals surface area contributed by atoms with Crippen molar-refractivity contribution in [2.45, 2.75) is 32.6 Å². The van der Waals surface area contributed by atoms with Crippen LogP contribution >= 0.6 is 0 Å². The molecule has 1 aliphatic heterocycles. The Balaban J connectivity index is 2.84. The third kappa shape index (κ3) is 1.81. The summed E-state index contributed by atoms with van der Waals surface area (Å²) in [5.74, 6) is -0.685. The van der Waals surface area contributed by atoms with Crippen LogP contribution in [0.2, 0.25) is 0 Å². The van der Waals surface area contributed by atoms with Crippen molar-refractivity contribution in [2.75, 3.05) is 4.90 Å². The molecule has 0 saturated carbocycles. The predicted molar refractivity (Wildman–Crippen MR) is 80.5 cm³/mol. The SMILES string of the molecule is C=CC(C)(C)C1(CC#N)C(=O)N(C(C)=O)c2ccccc21. The first-order chi connectivity index (χ1) is 9.83. The summed E-state index contributed by atoms with van der Waals surface area (Å²) in [6.07, 6.45) is 1.69. The summed E-state index contributed by atoms with van der Waals surface area (Å²) in [4.78, 5) is 26.1. The molecule has 1 atom stereocenters. The second-order valence-electron chi connectivity index (χ2n) is 5.84. The number of hydrogen-bond donors (Lipinski definition) is 0. The first-order valence-corrected chi connectivity index (χ1v) is 6.78. The highest BCUT2D eigenvalue weighted by molar-refractivity contribution is 6.22. The molecule has 1 heterocycles. The van der Waals surface area contributed by atoms with Gasteiger partial charge in [0.1, 0.15) is 0 Å². The summed E-state index contributed by atoms with van der Waals surface area (Å²) < 4.78 is 0. The monoisotopic (exact) mass is 282 g/mol. The van der Waals surface area contributed by atoms with Gasteiger partial charge < -0.3 is 0 Å². The molecule has 2 rings (SSSR count). The summed E-state index contributed by atoms with van der Waals surface area (Å²) >= 11 is 0. The van der Waals surface area contributed by atoms with E-state index in [4.69, 9.17) is 0 Å². The Morgan fingerprint density at radius 1 is 1.48 bits per heavy atom. The van der Waals surface area contributed by atoms with E-state index in [1.807, 2.05) is 26.0 Å². The number of anilines is 1. The highest BCUT2D eigenvalue weighted by atomic mass is 16.2. The van der Waals surface area contributed by atoms with E-state index < -0.39 is 10.8 Å². The zero-order valence-corrected chi connectivity index (χ0v) is 12.5. The van der Waals surface area contributed by atoms with Crippen molar-refractivity contribution in [1.82, 2.24) is 0 Å². The number of allylic oxidation sites excluding steroid dienone is 1. The third-order valence-electron chi connectivity index (χ3n) is 4.44. The highest BCUT2D eigenvalue weighted by Gasteiger charge is 2.59. The van der Waals surface area contributed by atoms with E-state index in [1.165, 1.54) is 11.8 Å². The van der Waals surface area contributed by atoms with Crippen molar-refractivity contribution in [3.8, 4) is 6.07 Å². The topological polar surface area (TPSA) is 61.2 Å². The van der Waals surface area contributed by atoms with Crippen LogP contribution in [0.25, 0.3) is 0 Å².